The number of amides is 2. The highest BCUT2D eigenvalue weighted by Crippen LogP contribution is 2.27. The molecule has 9 nitrogen and oxygen atoms in total. The van der Waals surface area contributed by atoms with Crippen LogP contribution in [-0.2, 0) is 26.2 Å². The summed E-state index contributed by atoms with van der Waals surface area (Å²) in [6.07, 6.45) is 0.335. The van der Waals surface area contributed by atoms with Gasteiger partial charge in [-0.3, -0.25) is 13.9 Å². The maximum atomic E-state index is 14.2. The van der Waals surface area contributed by atoms with E-state index in [1.807, 2.05) is 40.7 Å². The minimum absolute atomic E-state index is 0.0544. The smallest absolute Gasteiger partial charge is 0.264 e. The number of aryl methyl sites for hydroxylation is 1. The standard InChI is InChI=1S/C32H41N3O6S/c1-7-30(32(37)33-23(3)4)34(21-25-10-9-11-28(20-25)40-6)31(36)22-35(26-14-16-27(17-15-26)41-8-2)42(38,39)29-18-12-24(5)13-19-29/h9-20,23,30H,7-8,21-22H2,1-6H3,(H,33,37). The van der Waals surface area contributed by atoms with Gasteiger partial charge in [0.2, 0.25) is 11.8 Å². The highest BCUT2D eigenvalue weighted by molar-refractivity contribution is 7.92. The molecule has 0 saturated heterocycles. The Morgan fingerprint density at radius 1 is 0.929 bits per heavy atom. The van der Waals surface area contributed by atoms with E-state index in [1.54, 1.807) is 61.7 Å². The van der Waals surface area contributed by atoms with Crippen molar-refractivity contribution in [1.82, 2.24) is 10.2 Å². The van der Waals surface area contributed by atoms with Crippen LogP contribution >= 0.6 is 0 Å². The van der Waals surface area contributed by atoms with Gasteiger partial charge in [0, 0.05) is 12.6 Å². The van der Waals surface area contributed by atoms with Crippen LogP contribution in [0.2, 0.25) is 0 Å². The Morgan fingerprint density at radius 3 is 2.17 bits per heavy atom. The SMILES string of the molecule is CCOc1ccc(N(CC(=O)N(Cc2cccc(OC)c2)C(CC)C(=O)NC(C)C)S(=O)(=O)c2ccc(C)cc2)cc1. The highest BCUT2D eigenvalue weighted by Gasteiger charge is 2.34. The van der Waals surface area contributed by atoms with Crippen molar-refractivity contribution in [3.8, 4) is 11.5 Å². The largest absolute Gasteiger partial charge is 0.497 e. The Labute approximate surface area is 249 Å². The first-order chi connectivity index (χ1) is 20.0. The fourth-order valence-corrected chi connectivity index (χ4v) is 5.92. The Kier molecular flexibility index (Phi) is 11.4. The fraction of sp³-hybridized carbons (Fsp3) is 0.375. The average Bonchev–Trinajstić information content (AvgIpc) is 2.96. The third-order valence-electron chi connectivity index (χ3n) is 6.63. The van der Waals surface area contributed by atoms with E-state index in [-0.39, 0.29) is 23.4 Å². The number of methoxy groups -OCH3 is 1. The van der Waals surface area contributed by atoms with Gasteiger partial charge < -0.3 is 19.7 Å². The Balaban J connectivity index is 2.07. The first-order valence-corrected chi connectivity index (χ1v) is 15.5. The van der Waals surface area contributed by atoms with E-state index in [4.69, 9.17) is 9.47 Å². The van der Waals surface area contributed by atoms with E-state index >= 15 is 0 Å². The molecule has 1 unspecified atom stereocenters. The van der Waals surface area contributed by atoms with E-state index in [9.17, 15) is 18.0 Å². The Bertz CT molecular complexity index is 1440. The summed E-state index contributed by atoms with van der Waals surface area (Å²) < 4.78 is 40.0. The number of carbonyl (C=O) groups is 2. The van der Waals surface area contributed by atoms with Gasteiger partial charge in [-0.2, -0.15) is 0 Å². The monoisotopic (exact) mass is 595 g/mol. The van der Waals surface area contributed by atoms with Crippen LogP contribution in [0.15, 0.2) is 77.7 Å². The minimum Gasteiger partial charge on any atom is -0.497 e. The lowest BCUT2D eigenvalue weighted by atomic mass is 10.1. The molecule has 0 saturated carbocycles. The zero-order valence-corrected chi connectivity index (χ0v) is 26.0. The molecule has 0 heterocycles. The molecule has 0 fully saturated rings. The third-order valence-corrected chi connectivity index (χ3v) is 8.42. The summed E-state index contributed by atoms with van der Waals surface area (Å²) in [6, 6.07) is 19.3. The van der Waals surface area contributed by atoms with Gasteiger partial charge in [0.25, 0.3) is 10.0 Å². The van der Waals surface area contributed by atoms with E-state index in [0.29, 0.717) is 30.2 Å². The van der Waals surface area contributed by atoms with Crippen LogP contribution in [0.4, 0.5) is 5.69 Å². The molecule has 0 aliphatic carbocycles. The average molecular weight is 596 g/mol. The molecule has 1 atom stereocenters. The summed E-state index contributed by atoms with van der Waals surface area (Å²) in [5, 5.41) is 2.90. The lowest BCUT2D eigenvalue weighted by Crippen LogP contribution is -2.53. The summed E-state index contributed by atoms with van der Waals surface area (Å²) in [6.45, 7) is 9.27. The quantitative estimate of drug-likeness (QED) is 0.283. The molecule has 3 aromatic carbocycles. The number of benzene rings is 3. The lowest BCUT2D eigenvalue weighted by molar-refractivity contribution is -0.140. The van der Waals surface area contributed by atoms with Crippen LogP contribution in [0.3, 0.4) is 0 Å². The maximum Gasteiger partial charge on any atom is 0.264 e. The van der Waals surface area contributed by atoms with Gasteiger partial charge in [-0.15, -0.1) is 0 Å². The topological polar surface area (TPSA) is 105 Å². The Morgan fingerprint density at radius 2 is 1.60 bits per heavy atom. The summed E-state index contributed by atoms with van der Waals surface area (Å²) in [7, 11) is -2.60. The first-order valence-electron chi connectivity index (χ1n) is 14.0. The fourth-order valence-electron chi connectivity index (χ4n) is 4.51. The molecule has 0 radical (unpaired) electrons. The van der Waals surface area contributed by atoms with Gasteiger partial charge in [0.05, 0.1) is 24.3 Å². The van der Waals surface area contributed by atoms with Crippen LogP contribution in [0, 0.1) is 6.92 Å². The Hall–Kier alpha value is -4.05. The van der Waals surface area contributed by atoms with Crippen LogP contribution in [0.25, 0.3) is 0 Å². The molecule has 0 aliphatic heterocycles. The third kappa shape index (κ3) is 8.25. The number of rotatable bonds is 14. The molecule has 0 bridgehead atoms. The van der Waals surface area contributed by atoms with Crippen molar-refractivity contribution in [3.05, 3.63) is 83.9 Å². The van der Waals surface area contributed by atoms with Crippen LogP contribution in [-0.4, -0.2) is 57.5 Å². The normalized spacial score (nSPS) is 12.0. The van der Waals surface area contributed by atoms with Crippen molar-refractivity contribution in [3.63, 3.8) is 0 Å². The molecule has 226 valence electrons. The molecular weight excluding hydrogens is 554 g/mol. The number of hydrogen-bond donors (Lipinski definition) is 1. The van der Waals surface area contributed by atoms with Crippen LogP contribution in [0.1, 0.15) is 45.2 Å². The molecule has 42 heavy (non-hydrogen) atoms. The summed E-state index contributed by atoms with van der Waals surface area (Å²) in [5.74, 6) is 0.361. The van der Waals surface area contributed by atoms with Crippen LogP contribution < -0.4 is 19.1 Å². The van der Waals surface area contributed by atoms with Gasteiger partial charge in [-0.1, -0.05) is 36.8 Å². The highest BCUT2D eigenvalue weighted by atomic mass is 32.2. The van der Waals surface area contributed by atoms with E-state index in [1.165, 1.54) is 17.0 Å². The minimum atomic E-state index is -4.16. The number of sulfonamides is 1. The lowest BCUT2D eigenvalue weighted by Gasteiger charge is -2.33. The van der Waals surface area contributed by atoms with Crippen molar-refractivity contribution < 1.29 is 27.5 Å². The van der Waals surface area contributed by atoms with Gasteiger partial charge in [0.15, 0.2) is 0 Å². The van der Waals surface area contributed by atoms with E-state index < -0.39 is 28.5 Å². The van der Waals surface area contributed by atoms with E-state index in [0.717, 1.165) is 15.4 Å². The molecule has 0 aromatic heterocycles. The molecule has 0 aliphatic rings. The summed E-state index contributed by atoms with van der Waals surface area (Å²) in [4.78, 5) is 28.9. The maximum absolute atomic E-state index is 14.2. The molecule has 0 spiro atoms. The summed E-state index contributed by atoms with van der Waals surface area (Å²) in [5.41, 5.74) is 1.95. The number of carbonyl (C=O) groups excluding carboxylic acids is 2. The van der Waals surface area contributed by atoms with Gasteiger partial charge in [-0.25, -0.2) is 8.42 Å². The zero-order valence-electron chi connectivity index (χ0n) is 25.2. The van der Waals surface area contributed by atoms with Gasteiger partial charge >= 0.3 is 0 Å². The van der Waals surface area contributed by atoms with E-state index in [2.05, 4.69) is 5.32 Å². The number of nitrogens with zero attached hydrogens (tertiary/aromatic N) is 2. The first kappa shape index (κ1) is 32.5. The number of nitrogens with one attached hydrogen (secondary N) is 1. The van der Waals surface area contributed by atoms with Crippen molar-refractivity contribution in [2.75, 3.05) is 24.6 Å². The number of hydrogen-bond acceptors (Lipinski definition) is 6. The van der Waals surface area contributed by atoms with Crippen molar-refractivity contribution >= 4 is 27.5 Å². The van der Waals surface area contributed by atoms with Crippen molar-refractivity contribution in [2.45, 2.75) is 64.6 Å². The predicted molar refractivity (Wildman–Crippen MR) is 164 cm³/mol. The predicted octanol–water partition coefficient (Wildman–Crippen LogP) is 4.93. The number of anilines is 1. The van der Waals surface area contributed by atoms with Crippen LogP contribution in [0.5, 0.6) is 11.5 Å². The molecule has 3 aromatic rings. The molecule has 3 rings (SSSR count). The zero-order chi connectivity index (χ0) is 30.9. The van der Waals surface area contributed by atoms with Crippen molar-refractivity contribution in [1.29, 1.82) is 0 Å². The molecule has 10 heteroatoms. The number of ether oxygens (including phenoxy) is 2. The van der Waals surface area contributed by atoms with Gasteiger partial charge in [0.1, 0.15) is 24.1 Å². The van der Waals surface area contributed by atoms with Crippen molar-refractivity contribution in [2.24, 2.45) is 0 Å². The molecule has 2 amide bonds. The summed E-state index contributed by atoms with van der Waals surface area (Å²) >= 11 is 0. The second-order valence-corrected chi connectivity index (χ2v) is 12.1. The molecule has 1 N–H and O–H groups in total. The molecular formula is C32H41N3O6S. The second kappa shape index (κ2) is 14.7. The van der Waals surface area contributed by atoms with Gasteiger partial charge in [-0.05, 0) is 88.2 Å². The second-order valence-electron chi connectivity index (χ2n) is 10.2.